The maximum Gasteiger partial charge on any atom is 0.269 e. The Hall–Kier alpha value is -2.86. The predicted molar refractivity (Wildman–Crippen MR) is 112 cm³/mol. The first-order chi connectivity index (χ1) is 13.6. The van der Waals surface area contributed by atoms with Gasteiger partial charge < -0.3 is 0 Å². The maximum atomic E-state index is 13.6. The molecule has 0 aliphatic rings. The minimum Gasteiger partial charge on any atom is -0.294 e. The molecule has 0 radical (unpaired) electrons. The zero-order chi connectivity index (χ0) is 21.2. The van der Waals surface area contributed by atoms with E-state index < -0.39 is 17.0 Å². The van der Waals surface area contributed by atoms with Gasteiger partial charge >= 0.3 is 0 Å². The molecule has 0 unspecified atom stereocenters. The molecule has 150 valence electrons. The number of Topliss-reactive ketones (excluding diaryl/α,β-unsaturated/α-hetero) is 1. The van der Waals surface area contributed by atoms with Crippen molar-refractivity contribution in [1.82, 2.24) is 4.57 Å². The van der Waals surface area contributed by atoms with Crippen molar-refractivity contribution in [2.45, 2.75) is 27.3 Å². The first-order valence-electron chi connectivity index (χ1n) is 9.11. The molecule has 1 aromatic heterocycles. The highest BCUT2D eigenvalue weighted by Crippen LogP contribution is 2.15. The Morgan fingerprint density at radius 1 is 1.07 bits per heavy atom. The van der Waals surface area contributed by atoms with Crippen LogP contribution in [0.25, 0.3) is 12.2 Å². The molecule has 6 heteroatoms. The third kappa shape index (κ3) is 5.15. The van der Waals surface area contributed by atoms with Crippen molar-refractivity contribution in [3.63, 3.8) is 0 Å². The number of hydrogen-bond acceptors (Lipinski definition) is 3. The highest BCUT2D eigenvalue weighted by atomic mass is 32.1. The van der Waals surface area contributed by atoms with Crippen molar-refractivity contribution in [2.24, 2.45) is 5.41 Å². The van der Waals surface area contributed by atoms with Crippen LogP contribution in [0.3, 0.4) is 0 Å². The monoisotopic (exact) mass is 413 g/mol. The largest absolute Gasteiger partial charge is 0.294 e. The predicted octanol–water partition coefficient (Wildman–Crippen LogP) is 3.46. The smallest absolute Gasteiger partial charge is 0.269 e. The summed E-state index contributed by atoms with van der Waals surface area (Å²) in [5.74, 6) is -0.914. The zero-order valence-electron chi connectivity index (χ0n) is 16.4. The third-order valence-electron chi connectivity index (χ3n) is 4.31. The number of benzene rings is 2. The normalized spacial score (nSPS) is 13.1. The molecule has 3 aromatic rings. The summed E-state index contributed by atoms with van der Waals surface area (Å²) in [6, 6.07) is 11.9. The Balaban J connectivity index is 2.19. The lowest BCUT2D eigenvalue weighted by Crippen LogP contribution is -2.32. The Kier molecular flexibility index (Phi) is 5.94. The second-order valence-corrected chi connectivity index (χ2v) is 8.85. The second-order valence-electron chi connectivity index (χ2n) is 7.78. The molecule has 0 aliphatic heterocycles. The number of halogens is 2. The van der Waals surface area contributed by atoms with Gasteiger partial charge in [-0.25, -0.2) is 8.78 Å². The van der Waals surface area contributed by atoms with E-state index in [-0.39, 0.29) is 17.9 Å². The molecule has 0 aliphatic carbocycles. The third-order valence-corrected chi connectivity index (χ3v) is 5.37. The summed E-state index contributed by atoms with van der Waals surface area (Å²) in [6.45, 7) is 5.53. The van der Waals surface area contributed by atoms with Gasteiger partial charge in [-0.3, -0.25) is 14.2 Å². The van der Waals surface area contributed by atoms with Gasteiger partial charge in [0.25, 0.3) is 5.56 Å². The lowest BCUT2D eigenvalue weighted by molar-refractivity contribution is -0.120. The van der Waals surface area contributed by atoms with E-state index in [9.17, 15) is 18.4 Å². The van der Waals surface area contributed by atoms with Crippen molar-refractivity contribution in [1.29, 1.82) is 0 Å². The van der Waals surface area contributed by atoms with Crippen molar-refractivity contribution in [3.8, 4) is 0 Å². The zero-order valence-corrected chi connectivity index (χ0v) is 17.2. The van der Waals surface area contributed by atoms with Crippen LogP contribution >= 0.6 is 11.3 Å². The summed E-state index contributed by atoms with van der Waals surface area (Å²) < 4.78 is 29.4. The summed E-state index contributed by atoms with van der Waals surface area (Å²) in [7, 11) is 0. The van der Waals surface area contributed by atoms with Crippen LogP contribution in [0.15, 0.2) is 53.3 Å². The van der Waals surface area contributed by atoms with Crippen LogP contribution in [-0.2, 0) is 11.3 Å². The number of thiazole rings is 1. The van der Waals surface area contributed by atoms with Crippen LogP contribution in [-0.4, -0.2) is 10.4 Å². The Morgan fingerprint density at radius 3 is 2.34 bits per heavy atom. The average molecular weight is 413 g/mol. The molecule has 0 N–H and O–H groups in total. The van der Waals surface area contributed by atoms with Crippen LogP contribution in [0.2, 0.25) is 0 Å². The molecule has 3 rings (SSSR count). The van der Waals surface area contributed by atoms with E-state index >= 15 is 0 Å². The Labute approximate surface area is 171 Å². The van der Waals surface area contributed by atoms with E-state index in [2.05, 4.69) is 0 Å². The lowest BCUT2D eigenvalue weighted by Gasteiger charge is -2.13. The molecule has 3 nitrogen and oxygen atoms in total. The number of carbonyl (C=O) groups is 1. The summed E-state index contributed by atoms with van der Waals surface area (Å²) in [5.41, 5.74) is 0.252. The topological polar surface area (TPSA) is 39.1 Å². The summed E-state index contributed by atoms with van der Waals surface area (Å²) >= 11 is 1.16. The van der Waals surface area contributed by atoms with E-state index in [0.717, 1.165) is 11.3 Å². The standard InChI is InChI=1S/C23H21F2NO2S/c1-23(2,3)20(27)13-21-26(14-16-7-5-9-18(25)11-16)22(28)19(29-21)12-15-6-4-8-17(24)10-15/h4-13H,14H2,1-3H3/b19-12+,21-13-. The number of carbonyl (C=O) groups excluding carboxylic acids is 1. The van der Waals surface area contributed by atoms with Crippen LogP contribution in [0.1, 0.15) is 31.9 Å². The SMILES string of the molecule is CC(C)(C)C(=O)/C=c1\s/c(=C/c2cccc(F)c2)c(=O)n1Cc1cccc(F)c1. The van der Waals surface area contributed by atoms with Crippen LogP contribution in [0.4, 0.5) is 8.78 Å². The Morgan fingerprint density at radius 2 is 1.72 bits per heavy atom. The van der Waals surface area contributed by atoms with Crippen molar-refractivity contribution in [2.75, 3.05) is 0 Å². The van der Waals surface area contributed by atoms with Gasteiger partial charge in [-0.2, -0.15) is 0 Å². The van der Waals surface area contributed by atoms with E-state index in [1.54, 1.807) is 51.1 Å². The quantitative estimate of drug-likeness (QED) is 0.657. The number of ketones is 1. The molecule has 2 aromatic carbocycles. The second kappa shape index (κ2) is 8.25. The minimum atomic E-state index is -0.601. The summed E-state index contributed by atoms with van der Waals surface area (Å²) in [5, 5.41) is 0. The summed E-state index contributed by atoms with van der Waals surface area (Å²) in [4.78, 5) is 25.6. The van der Waals surface area contributed by atoms with Crippen LogP contribution < -0.4 is 14.8 Å². The molecule has 0 fully saturated rings. The molecule has 0 saturated heterocycles. The maximum absolute atomic E-state index is 13.6. The van der Waals surface area contributed by atoms with Crippen molar-refractivity contribution in [3.05, 3.63) is 90.8 Å². The van der Waals surface area contributed by atoms with Gasteiger partial charge in [0.2, 0.25) is 0 Å². The minimum absolute atomic E-state index is 0.121. The van der Waals surface area contributed by atoms with Gasteiger partial charge in [-0.1, -0.05) is 45.0 Å². The average Bonchev–Trinajstić information content (AvgIpc) is 2.90. The molecular weight excluding hydrogens is 392 g/mol. The molecule has 0 saturated carbocycles. The lowest BCUT2D eigenvalue weighted by atomic mass is 9.91. The van der Waals surface area contributed by atoms with Gasteiger partial charge in [-0.15, -0.1) is 11.3 Å². The van der Waals surface area contributed by atoms with E-state index in [1.807, 2.05) is 0 Å². The number of aromatic nitrogens is 1. The molecule has 0 atom stereocenters. The highest BCUT2D eigenvalue weighted by Gasteiger charge is 2.19. The number of hydrogen-bond donors (Lipinski definition) is 0. The highest BCUT2D eigenvalue weighted by molar-refractivity contribution is 7.07. The van der Waals surface area contributed by atoms with Gasteiger partial charge in [-0.05, 0) is 41.5 Å². The molecule has 0 amide bonds. The molecular formula is C23H21F2NO2S. The fourth-order valence-corrected chi connectivity index (χ4v) is 3.73. The van der Waals surface area contributed by atoms with Gasteiger partial charge in [0.15, 0.2) is 5.78 Å². The Bertz CT molecular complexity index is 1230. The van der Waals surface area contributed by atoms with Crippen molar-refractivity contribution < 1.29 is 13.6 Å². The van der Waals surface area contributed by atoms with Gasteiger partial charge in [0.1, 0.15) is 16.3 Å². The number of rotatable bonds is 4. The van der Waals surface area contributed by atoms with Gasteiger partial charge in [0.05, 0.1) is 11.1 Å². The van der Waals surface area contributed by atoms with Crippen molar-refractivity contribution >= 4 is 29.3 Å². The molecule has 1 heterocycles. The molecule has 29 heavy (non-hydrogen) atoms. The van der Waals surface area contributed by atoms with E-state index in [4.69, 9.17) is 0 Å². The first-order valence-corrected chi connectivity index (χ1v) is 9.93. The van der Waals surface area contributed by atoms with Crippen LogP contribution in [0.5, 0.6) is 0 Å². The fraction of sp³-hybridized carbons (Fsp3) is 0.217. The van der Waals surface area contributed by atoms with Crippen LogP contribution in [0, 0.1) is 17.0 Å². The van der Waals surface area contributed by atoms with E-state index in [1.165, 1.54) is 34.9 Å². The number of nitrogens with zero attached hydrogens (tertiary/aromatic N) is 1. The fourth-order valence-electron chi connectivity index (χ4n) is 2.69. The molecule has 0 spiro atoms. The first kappa shape index (κ1) is 20.9. The van der Waals surface area contributed by atoms with E-state index in [0.29, 0.717) is 20.3 Å². The summed E-state index contributed by atoms with van der Waals surface area (Å²) in [6.07, 6.45) is 3.05. The van der Waals surface area contributed by atoms with Gasteiger partial charge in [0, 0.05) is 11.5 Å². The molecule has 0 bridgehead atoms.